The van der Waals surface area contributed by atoms with E-state index in [-0.39, 0.29) is 19.1 Å². The van der Waals surface area contributed by atoms with E-state index in [1.807, 2.05) is 0 Å². The molecule has 1 atom stereocenters. The molecule has 0 radical (unpaired) electrons. The number of hydrogen-bond donors (Lipinski definition) is 2. The fraction of sp³-hybridized carbons (Fsp3) is 0.333. The highest BCUT2D eigenvalue weighted by Gasteiger charge is 2.34. The number of likely N-dealkylation sites (N-methyl/N-ethyl adjacent to an activating group) is 1. The fourth-order valence-corrected chi connectivity index (χ4v) is 4.21. The van der Waals surface area contributed by atoms with Crippen molar-refractivity contribution in [1.29, 1.82) is 0 Å². The minimum atomic E-state index is -4.44. The maximum absolute atomic E-state index is 13.2. The van der Waals surface area contributed by atoms with Crippen LogP contribution in [0.5, 0.6) is 0 Å². The zero-order valence-corrected chi connectivity index (χ0v) is 16.5. The molecule has 10 heteroatoms. The van der Waals surface area contributed by atoms with Crippen LogP contribution in [0.2, 0.25) is 0 Å². The van der Waals surface area contributed by atoms with Gasteiger partial charge < -0.3 is 25.1 Å². The van der Waals surface area contributed by atoms with Gasteiger partial charge in [-0.15, -0.1) is 0 Å². The molecule has 2 aromatic heterocycles. The SMILES string of the molecule is CN(C(=O)c1cc2nc(N)c3c(c2[nH]1)COC3)[C@@H]1COCc2cc(C(F)(F)F)ccc21. The first kappa shape index (κ1) is 19.8. The minimum Gasteiger partial charge on any atom is -0.383 e. The van der Waals surface area contributed by atoms with Crippen molar-refractivity contribution in [2.75, 3.05) is 19.4 Å². The number of halogens is 3. The number of aromatic nitrogens is 2. The van der Waals surface area contributed by atoms with Crippen molar-refractivity contribution in [3.8, 4) is 0 Å². The van der Waals surface area contributed by atoms with Gasteiger partial charge in [-0.25, -0.2) is 4.98 Å². The summed E-state index contributed by atoms with van der Waals surface area (Å²) in [6.07, 6.45) is -4.44. The van der Waals surface area contributed by atoms with E-state index in [2.05, 4.69) is 9.97 Å². The fourth-order valence-electron chi connectivity index (χ4n) is 4.21. The van der Waals surface area contributed by atoms with Crippen LogP contribution in [-0.4, -0.2) is 34.4 Å². The highest BCUT2D eigenvalue weighted by molar-refractivity contribution is 5.98. The number of benzene rings is 1. The molecule has 3 aromatic rings. The molecule has 0 fully saturated rings. The number of nitrogen functional groups attached to an aromatic ring is 1. The second-order valence-corrected chi connectivity index (χ2v) is 7.75. The molecule has 7 nitrogen and oxygen atoms in total. The molecule has 0 spiro atoms. The number of amides is 1. The van der Waals surface area contributed by atoms with Crippen molar-refractivity contribution >= 4 is 22.8 Å². The molecule has 5 rings (SSSR count). The molecule has 1 amide bonds. The predicted octanol–water partition coefficient (Wildman–Crippen LogP) is 3.54. The standard InChI is InChI=1S/C21H19F3N4O3/c1-28(17-9-30-6-10-4-11(21(22,23)24)2-3-12(10)17)20(29)16-5-15-18(26-16)13-7-31-8-14(13)19(25)27-15/h2-5,17,26H,6-9H2,1H3,(H2,25,27)/t17-/m1/s1. The number of nitrogens with two attached hydrogens (primary N) is 1. The van der Waals surface area contributed by atoms with Gasteiger partial charge >= 0.3 is 6.18 Å². The number of rotatable bonds is 2. The van der Waals surface area contributed by atoms with Crippen molar-refractivity contribution in [3.05, 3.63) is 57.8 Å². The summed E-state index contributed by atoms with van der Waals surface area (Å²) in [4.78, 5) is 22.1. The lowest BCUT2D eigenvalue weighted by atomic mass is 9.95. The molecule has 4 heterocycles. The summed E-state index contributed by atoms with van der Waals surface area (Å²) >= 11 is 0. The molecule has 0 bridgehead atoms. The van der Waals surface area contributed by atoms with Crippen molar-refractivity contribution in [2.24, 2.45) is 0 Å². The Balaban J connectivity index is 1.48. The molecule has 2 aliphatic rings. The van der Waals surface area contributed by atoms with E-state index in [1.165, 1.54) is 11.0 Å². The number of anilines is 1. The van der Waals surface area contributed by atoms with E-state index in [0.717, 1.165) is 23.3 Å². The lowest BCUT2D eigenvalue weighted by Gasteiger charge is -2.33. The summed E-state index contributed by atoms with van der Waals surface area (Å²) in [6.45, 7) is 1.02. The zero-order chi connectivity index (χ0) is 21.9. The molecule has 3 N–H and O–H groups in total. The normalized spacial score (nSPS) is 18.1. The highest BCUT2D eigenvalue weighted by atomic mass is 19.4. The Bertz CT molecular complexity index is 1200. The van der Waals surface area contributed by atoms with Gasteiger partial charge in [0.1, 0.15) is 11.5 Å². The van der Waals surface area contributed by atoms with Crippen LogP contribution in [0.15, 0.2) is 24.3 Å². The van der Waals surface area contributed by atoms with Crippen molar-refractivity contribution in [1.82, 2.24) is 14.9 Å². The molecule has 0 unspecified atom stereocenters. The topological polar surface area (TPSA) is 93.5 Å². The van der Waals surface area contributed by atoms with Gasteiger partial charge in [-0.1, -0.05) is 6.07 Å². The van der Waals surface area contributed by atoms with E-state index in [9.17, 15) is 18.0 Å². The predicted molar refractivity (Wildman–Crippen MR) is 105 cm³/mol. The first-order chi connectivity index (χ1) is 14.7. The van der Waals surface area contributed by atoms with Crippen LogP contribution in [0.4, 0.5) is 19.0 Å². The van der Waals surface area contributed by atoms with Gasteiger partial charge in [0.25, 0.3) is 5.91 Å². The van der Waals surface area contributed by atoms with Gasteiger partial charge in [0.05, 0.1) is 49.1 Å². The summed E-state index contributed by atoms with van der Waals surface area (Å²) in [5.74, 6) is 0.0482. The Morgan fingerprint density at radius 1 is 1.19 bits per heavy atom. The smallest absolute Gasteiger partial charge is 0.383 e. The summed E-state index contributed by atoms with van der Waals surface area (Å²) in [7, 11) is 1.60. The molecule has 0 aliphatic carbocycles. The number of carbonyl (C=O) groups excluding carboxylic acids is 1. The Morgan fingerprint density at radius 2 is 1.97 bits per heavy atom. The van der Waals surface area contributed by atoms with Gasteiger partial charge in [-0.2, -0.15) is 13.2 Å². The van der Waals surface area contributed by atoms with E-state index in [4.69, 9.17) is 15.2 Å². The Morgan fingerprint density at radius 3 is 2.74 bits per heavy atom. The van der Waals surface area contributed by atoms with Gasteiger partial charge in [-0.05, 0) is 29.3 Å². The number of pyridine rings is 1. The van der Waals surface area contributed by atoms with E-state index in [1.54, 1.807) is 13.1 Å². The van der Waals surface area contributed by atoms with Gasteiger partial charge in [0.15, 0.2) is 0 Å². The van der Waals surface area contributed by atoms with Crippen LogP contribution in [0, 0.1) is 0 Å². The number of nitrogens with zero attached hydrogens (tertiary/aromatic N) is 2. The first-order valence-electron chi connectivity index (χ1n) is 9.66. The minimum absolute atomic E-state index is 0.0690. The molecule has 0 saturated heterocycles. The number of nitrogens with one attached hydrogen (secondary N) is 1. The number of fused-ring (bicyclic) bond motifs is 4. The molecule has 2 aliphatic heterocycles. The number of alkyl halides is 3. The van der Waals surface area contributed by atoms with Gasteiger partial charge in [0.2, 0.25) is 0 Å². The first-order valence-corrected chi connectivity index (χ1v) is 9.66. The van der Waals surface area contributed by atoms with Crippen molar-refractivity contribution in [3.63, 3.8) is 0 Å². The van der Waals surface area contributed by atoms with E-state index < -0.39 is 17.8 Å². The van der Waals surface area contributed by atoms with Crippen LogP contribution in [0.1, 0.15) is 44.3 Å². The summed E-state index contributed by atoms with van der Waals surface area (Å²) in [5, 5.41) is 0. The monoisotopic (exact) mass is 432 g/mol. The summed E-state index contributed by atoms with van der Waals surface area (Å²) in [5.41, 5.74) is 9.60. The van der Waals surface area contributed by atoms with Crippen LogP contribution >= 0.6 is 0 Å². The largest absolute Gasteiger partial charge is 0.416 e. The van der Waals surface area contributed by atoms with Crippen molar-refractivity contribution in [2.45, 2.75) is 32.0 Å². The van der Waals surface area contributed by atoms with Gasteiger partial charge in [-0.3, -0.25) is 4.79 Å². The summed E-state index contributed by atoms with van der Waals surface area (Å²) < 4.78 is 50.1. The number of aromatic amines is 1. The summed E-state index contributed by atoms with van der Waals surface area (Å²) in [6, 6.07) is 4.65. The quantitative estimate of drug-likeness (QED) is 0.646. The molecule has 1 aromatic carbocycles. The third kappa shape index (κ3) is 3.22. The third-order valence-electron chi connectivity index (χ3n) is 5.89. The highest BCUT2D eigenvalue weighted by Crippen LogP contribution is 2.36. The average molecular weight is 432 g/mol. The third-order valence-corrected chi connectivity index (χ3v) is 5.89. The Kier molecular flexibility index (Phi) is 4.45. The lowest BCUT2D eigenvalue weighted by Crippen LogP contribution is -2.36. The molecular formula is C21H19F3N4O3. The number of ether oxygens (including phenoxy) is 2. The Hall–Kier alpha value is -3.11. The van der Waals surface area contributed by atoms with Gasteiger partial charge in [0, 0.05) is 18.2 Å². The maximum atomic E-state index is 13.2. The zero-order valence-electron chi connectivity index (χ0n) is 16.5. The van der Waals surface area contributed by atoms with Crippen molar-refractivity contribution < 1.29 is 27.4 Å². The maximum Gasteiger partial charge on any atom is 0.416 e. The second kappa shape index (κ2) is 6.96. The van der Waals surface area contributed by atoms with Crippen LogP contribution in [0.25, 0.3) is 11.0 Å². The Labute approximate surface area is 174 Å². The van der Waals surface area contributed by atoms with Crippen LogP contribution in [-0.2, 0) is 35.5 Å². The number of H-pyrrole nitrogens is 1. The van der Waals surface area contributed by atoms with E-state index >= 15 is 0 Å². The molecule has 162 valence electrons. The number of carbonyl (C=O) groups is 1. The molecule has 31 heavy (non-hydrogen) atoms. The molecule has 0 saturated carbocycles. The van der Waals surface area contributed by atoms with E-state index in [0.29, 0.717) is 46.9 Å². The average Bonchev–Trinajstić information content (AvgIpc) is 3.38. The second-order valence-electron chi connectivity index (χ2n) is 7.75. The lowest BCUT2D eigenvalue weighted by molar-refractivity contribution is -0.137. The van der Waals surface area contributed by atoms with Crippen LogP contribution in [0.3, 0.4) is 0 Å². The molecular weight excluding hydrogens is 413 g/mol. The van der Waals surface area contributed by atoms with Crippen LogP contribution < -0.4 is 5.73 Å². The number of hydrogen-bond acceptors (Lipinski definition) is 5.